The number of rotatable bonds is 5. The van der Waals surface area contributed by atoms with E-state index in [1.807, 2.05) is 46.8 Å². The van der Waals surface area contributed by atoms with Crippen LogP contribution in [0.2, 0.25) is 0 Å². The Labute approximate surface area is 148 Å². The zero-order valence-corrected chi connectivity index (χ0v) is 14.7. The molecule has 5 nitrogen and oxygen atoms in total. The summed E-state index contributed by atoms with van der Waals surface area (Å²) in [6.07, 6.45) is 6.24. The van der Waals surface area contributed by atoms with Crippen LogP contribution in [0.3, 0.4) is 0 Å². The van der Waals surface area contributed by atoms with Gasteiger partial charge in [0.1, 0.15) is 0 Å². The monoisotopic (exact) mass is 339 g/mol. The second-order valence-electron chi connectivity index (χ2n) is 6.94. The lowest BCUT2D eigenvalue weighted by molar-refractivity contribution is 0.00720. The summed E-state index contributed by atoms with van der Waals surface area (Å²) in [7, 11) is 0. The number of hydrogen-bond donors (Lipinski definition) is 0. The van der Waals surface area contributed by atoms with Crippen molar-refractivity contribution in [1.82, 2.24) is 14.7 Å². The number of likely N-dealkylation sites (tertiary alicyclic amines) is 1. The molecule has 1 aliphatic carbocycles. The van der Waals surface area contributed by atoms with Crippen LogP contribution in [0, 0.1) is 0 Å². The average molecular weight is 339 g/mol. The molecular formula is C20H25N3O2. The number of nitrogens with zero attached hydrogens (tertiary/aromatic N) is 3. The van der Waals surface area contributed by atoms with Crippen molar-refractivity contribution in [3.63, 3.8) is 0 Å². The van der Waals surface area contributed by atoms with Gasteiger partial charge in [0.05, 0.1) is 29.2 Å². The van der Waals surface area contributed by atoms with Gasteiger partial charge in [0.25, 0.3) is 5.91 Å². The Kier molecular flexibility index (Phi) is 4.57. The van der Waals surface area contributed by atoms with Gasteiger partial charge >= 0.3 is 0 Å². The highest BCUT2D eigenvalue weighted by Crippen LogP contribution is 2.42. The number of carbonyl (C=O) groups is 1. The van der Waals surface area contributed by atoms with E-state index in [0.717, 1.165) is 49.2 Å². The molecular weight excluding hydrogens is 314 g/mol. The van der Waals surface area contributed by atoms with Crippen LogP contribution in [0.25, 0.3) is 5.69 Å². The van der Waals surface area contributed by atoms with E-state index in [1.165, 1.54) is 0 Å². The standard InChI is InChI=1S/C20H25N3O2/c1-2-25-17-9-6-12-22(14-17)20(24)18-13-21-23(19(18)15-10-11-15)16-7-4-3-5-8-16/h3-5,7-8,13,15,17H,2,6,9-12,14H2,1H3. The van der Waals surface area contributed by atoms with Gasteiger partial charge in [0.2, 0.25) is 0 Å². The summed E-state index contributed by atoms with van der Waals surface area (Å²) < 4.78 is 7.70. The predicted molar refractivity (Wildman–Crippen MR) is 96.1 cm³/mol. The first-order valence-corrected chi connectivity index (χ1v) is 9.32. The van der Waals surface area contributed by atoms with Crippen LogP contribution < -0.4 is 0 Å². The molecule has 1 amide bonds. The number of hydrogen-bond acceptors (Lipinski definition) is 3. The zero-order valence-electron chi connectivity index (χ0n) is 14.7. The van der Waals surface area contributed by atoms with Crippen LogP contribution >= 0.6 is 0 Å². The third-order valence-corrected chi connectivity index (χ3v) is 5.07. The third kappa shape index (κ3) is 3.33. The minimum absolute atomic E-state index is 0.105. The van der Waals surface area contributed by atoms with Crippen molar-refractivity contribution in [3.8, 4) is 5.69 Å². The Morgan fingerprint density at radius 3 is 2.76 bits per heavy atom. The van der Waals surface area contributed by atoms with E-state index in [-0.39, 0.29) is 12.0 Å². The van der Waals surface area contributed by atoms with Crippen molar-refractivity contribution in [2.75, 3.05) is 19.7 Å². The smallest absolute Gasteiger partial charge is 0.257 e. The number of amides is 1. The summed E-state index contributed by atoms with van der Waals surface area (Å²) in [5.41, 5.74) is 2.87. The van der Waals surface area contributed by atoms with E-state index in [2.05, 4.69) is 5.10 Å². The highest BCUT2D eigenvalue weighted by atomic mass is 16.5. The summed E-state index contributed by atoms with van der Waals surface area (Å²) in [4.78, 5) is 15.1. The second-order valence-corrected chi connectivity index (χ2v) is 6.94. The molecule has 1 saturated heterocycles. The summed E-state index contributed by atoms with van der Waals surface area (Å²) in [5, 5.41) is 4.56. The van der Waals surface area contributed by atoms with Gasteiger partial charge in [-0.15, -0.1) is 0 Å². The van der Waals surface area contributed by atoms with Crippen molar-refractivity contribution < 1.29 is 9.53 Å². The molecule has 1 aromatic heterocycles. The van der Waals surface area contributed by atoms with Crippen LogP contribution in [0.5, 0.6) is 0 Å². The molecule has 2 fully saturated rings. The number of ether oxygens (including phenoxy) is 1. The SMILES string of the molecule is CCOC1CCCN(C(=O)c2cnn(-c3ccccc3)c2C2CC2)C1. The number of benzene rings is 1. The first kappa shape index (κ1) is 16.3. The van der Waals surface area contributed by atoms with Crippen LogP contribution in [0.1, 0.15) is 54.6 Å². The second kappa shape index (κ2) is 7.00. The molecule has 1 atom stereocenters. The van der Waals surface area contributed by atoms with Gasteiger partial charge in [-0.2, -0.15) is 5.10 Å². The molecule has 0 N–H and O–H groups in total. The van der Waals surface area contributed by atoms with Crippen molar-refractivity contribution in [1.29, 1.82) is 0 Å². The molecule has 4 rings (SSSR count). The molecule has 1 aromatic carbocycles. The molecule has 2 aliphatic rings. The quantitative estimate of drug-likeness (QED) is 0.839. The molecule has 5 heteroatoms. The van der Waals surface area contributed by atoms with Gasteiger partial charge in [-0.3, -0.25) is 4.79 Å². The van der Waals surface area contributed by atoms with Crippen LogP contribution in [0.4, 0.5) is 0 Å². The third-order valence-electron chi connectivity index (χ3n) is 5.07. The first-order valence-electron chi connectivity index (χ1n) is 9.32. The minimum Gasteiger partial charge on any atom is -0.377 e. The normalized spacial score (nSPS) is 20.7. The summed E-state index contributed by atoms with van der Waals surface area (Å²) in [5.74, 6) is 0.558. The molecule has 0 spiro atoms. The topological polar surface area (TPSA) is 47.4 Å². The summed E-state index contributed by atoms with van der Waals surface area (Å²) in [6.45, 7) is 4.21. The maximum absolute atomic E-state index is 13.2. The van der Waals surface area contributed by atoms with E-state index in [9.17, 15) is 4.79 Å². The molecule has 0 radical (unpaired) electrons. The summed E-state index contributed by atoms with van der Waals surface area (Å²) >= 11 is 0. The lowest BCUT2D eigenvalue weighted by Gasteiger charge is -2.32. The Morgan fingerprint density at radius 1 is 1.24 bits per heavy atom. The lowest BCUT2D eigenvalue weighted by Crippen LogP contribution is -2.43. The Hall–Kier alpha value is -2.14. The van der Waals surface area contributed by atoms with Crippen LogP contribution in [-0.4, -0.2) is 46.4 Å². The van der Waals surface area contributed by atoms with Crippen molar-refractivity contribution in [2.24, 2.45) is 0 Å². The molecule has 1 saturated carbocycles. The van der Waals surface area contributed by atoms with Crippen molar-refractivity contribution in [3.05, 3.63) is 47.8 Å². The molecule has 1 aliphatic heterocycles. The van der Waals surface area contributed by atoms with Gasteiger partial charge in [0.15, 0.2) is 0 Å². The molecule has 1 unspecified atom stereocenters. The average Bonchev–Trinajstić information content (AvgIpc) is 3.40. The molecule has 0 bridgehead atoms. The molecule has 25 heavy (non-hydrogen) atoms. The van der Waals surface area contributed by atoms with E-state index >= 15 is 0 Å². The van der Waals surface area contributed by atoms with Crippen LogP contribution in [-0.2, 0) is 4.74 Å². The Balaban J connectivity index is 1.62. The van der Waals surface area contributed by atoms with Gasteiger partial charge in [-0.1, -0.05) is 18.2 Å². The number of aromatic nitrogens is 2. The number of para-hydroxylation sites is 1. The molecule has 132 valence electrons. The highest BCUT2D eigenvalue weighted by Gasteiger charge is 2.35. The van der Waals surface area contributed by atoms with Gasteiger partial charge < -0.3 is 9.64 Å². The zero-order chi connectivity index (χ0) is 17.2. The van der Waals surface area contributed by atoms with E-state index in [4.69, 9.17) is 4.74 Å². The fraction of sp³-hybridized carbons (Fsp3) is 0.500. The summed E-state index contributed by atoms with van der Waals surface area (Å²) in [6, 6.07) is 10.1. The predicted octanol–water partition coefficient (Wildman–Crippen LogP) is 3.39. The fourth-order valence-electron chi connectivity index (χ4n) is 3.71. The maximum Gasteiger partial charge on any atom is 0.257 e. The lowest BCUT2D eigenvalue weighted by atomic mass is 10.1. The highest BCUT2D eigenvalue weighted by molar-refractivity contribution is 5.95. The number of piperidine rings is 1. The van der Waals surface area contributed by atoms with Gasteiger partial charge in [-0.05, 0) is 44.7 Å². The van der Waals surface area contributed by atoms with Gasteiger partial charge in [-0.25, -0.2) is 4.68 Å². The number of carbonyl (C=O) groups excluding carboxylic acids is 1. The minimum atomic E-state index is 0.105. The largest absolute Gasteiger partial charge is 0.377 e. The van der Waals surface area contributed by atoms with E-state index in [1.54, 1.807) is 6.20 Å². The van der Waals surface area contributed by atoms with E-state index < -0.39 is 0 Å². The Bertz CT molecular complexity index is 735. The fourth-order valence-corrected chi connectivity index (χ4v) is 3.71. The maximum atomic E-state index is 13.2. The Morgan fingerprint density at radius 2 is 2.04 bits per heavy atom. The van der Waals surface area contributed by atoms with E-state index in [0.29, 0.717) is 19.1 Å². The van der Waals surface area contributed by atoms with Gasteiger partial charge in [0, 0.05) is 25.6 Å². The van der Waals surface area contributed by atoms with Crippen molar-refractivity contribution in [2.45, 2.75) is 44.6 Å². The molecule has 2 aromatic rings. The molecule has 2 heterocycles. The van der Waals surface area contributed by atoms with Crippen LogP contribution in [0.15, 0.2) is 36.5 Å². The van der Waals surface area contributed by atoms with Crippen molar-refractivity contribution >= 4 is 5.91 Å². The first-order chi connectivity index (χ1) is 12.3.